The molecule has 1 aromatic rings. The Labute approximate surface area is 144 Å². The third kappa shape index (κ3) is 4.24. The molecule has 9 heteroatoms. The number of benzene rings is 1. The Morgan fingerprint density at radius 2 is 2.08 bits per heavy atom. The number of sulfone groups is 1. The summed E-state index contributed by atoms with van der Waals surface area (Å²) in [5.41, 5.74) is -0.367. The van der Waals surface area contributed by atoms with Gasteiger partial charge in [-0.1, -0.05) is 11.6 Å². The molecule has 24 heavy (non-hydrogen) atoms. The van der Waals surface area contributed by atoms with Gasteiger partial charge in [-0.05, 0) is 31.5 Å². The van der Waals surface area contributed by atoms with Gasteiger partial charge in [0, 0.05) is 18.1 Å². The molecule has 1 aliphatic rings. The van der Waals surface area contributed by atoms with E-state index in [1.165, 1.54) is 24.9 Å². The van der Waals surface area contributed by atoms with Gasteiger partial charge in [-0.2, -0.15) is 0 Å². The summed E-state index contributed by atoms with van der Waals surface area (Å²) in [6.45, 7) is 1.35. The Bertz CT molecular complexity index is 767. The van der Waals surface area contributed by atoms with Crippen LogP contribution in [0.5, 0.6) is 0 Å². The Hall–Kier alpha value is -1.67. The summed E-state index contributed by atoms with van der Waals surface area (Å²) in [4.78, 5) is 25.5. The molecule has 0 radical (unpaired) electrons. The Morgan fingerprint density at radius 3 is 2.67 bits per heavy atom. The van der Waals surface area contributed by atoms with E-state index in [0.717, 1.165) is 12.1 Å². The van der Waals surface area contributed by atoms with Gasteiger partial charge in [0.25, 0.3) is 5.91 Å². The first-order valence-corrected chi connectivity index (χ1v) is 9.44. The van der Waals surface area contributed by atoms with Gasteiger partial charge in [-0.25, -0.2) is 17.6 Å². The average Bonchev–Trinajstić information content (AvgIpc) is 2.88. The lowest BCUT2D eigenvalue weighted by molar-refractivity contribution is -0.140. The molecule has 0 aliphatic carbocycles. The lowest BCUT2D eigenvalue weighted by Crippen LogP contribution is -2.44. The first kappa shape index (κ1) is 18.7. The molecule has 0 bridgehead atoms. The van der Waals surface area contributed by atoms with Gasteiger partial charge in [0.1, 0.15) is 5.82 Å². The Kier molecular flexibility index (Phi) is 5.49. The van der Waals surface area contributed by atoms with Gasteiger partial charge in [0.2, 0.25) is 0 Å². The second-order valence-corrected chi connectivity index (χ2v) is 8.34. The van der Waals surface area contributed by atoms with Crippen molar-refractivity contribution in [2.45, 2.75) is 25.5 Å². The van der Waals surface area contributed by atoms with Gasteiger partial charge in [-0.3, -0.25) is 4.79 Å². The van der Waals surface area contributed by atoms with E-state index in [0.29, 0.717) is 6.42 Å². The van der Waals surface area contributed by atoms with Gasteiger partial charge in [-0.15, -0.1) is 0 Å². The first-order chi connectivity index (χ1) is 11.1. The Balaban J connectivity index is 2.03. The second kappa shape index (κ2) is 7.06. The van der Waals surface area contributed by atoms with Crippen LogP contribution in [0.15, 0.2) is 18.2 Å². The van der Waals surface area contributed by atoms with E-state index in [4.69, 9.17) is 16.3 Å². The van der Waals surface area contributed by atoms with Crippen molar-refractivity contribution in [1.29, 1.82) is 0 Å². The molecule has 1 aromatic carbocycles. The summed E-state index contributed by atoms with van der Waals surface area (Å²) in [6.07, 6.45) is -0.835. The molecule has 1 amide bonds. The summed E-state index contributed by atoms with van der Waals surface area (Å²) in [7, 11) is -1.69. The molecule has 2 rings (SSSR count). The molecular formula is C15H17ClFNO5S. The summed E-state index contributed by atoms with van der Waals surface area (Å²) >= 11 is 5.72. The van der Waals surface area contributed by atoms with Crippen LogP contribution in [-0.4, -0.2) is 55.9 Å². The van der Waals surface area contributed by atoms with Crippen molar-refractivity contribution in [2.75, 3.05) is 18.6 Å². The molecule has 1 fully saturated rings. The van der Waals surface area contributed by atoms with Crippen LogP contribution in [0, 0.1) is 5.82 Å². The number of carbonyl (C=O) groups is 2. The highest BCUT2D eigenvalue weighted by Gasteiger charge is 2.35. The van der Waals surface area contributed by atoms with E-state index in [1.807, 2.05) is 0 Å². The van der Waals surface area contributed by atoms with Crippen molar-refractivity contribution in [3.05, 3.63) is 34.6 Å². The lowest BCUT2D eigenvalue weighted by Gasteiger charge is -2.26. The minimum atomic E-state index is -3.14. The molecule has 0 saturated carbocycles. The van der Waals surface area contributed by atoms with Crippen LogP contribution < -0.4 is 0 Å². The van der Waals surface area contributed by atoms with Crippen molar-refractivity contribution in [1.82, 2.24) is 4.90 Å². The predicted octanol–water partition coefficient (Wildman–Crippen LogP) is 1.67. The maximum atomic E-state index is 13.6. The predicted molar refractivity (Wildman–Crippen MR) is 86.1 cm³/mol. The molecule has 0 unspecified atom stereocenters. The number of amides is 1. The van der Waals surface area contributed by atoms with E-state index in [2.05, 4.69) is 0 Å². The molecule has 1 saturated heterocycles. The highest BCUT2D eigenvalue weighted by Crippen LogP contribution is 2.19. The van der Waals surface area contributed by atoms with Crippen molar-refractivity contribution >= 4 is 33.3 Å². The third-order valence-electron chi connectivity index (χ3n) is 3.88. The summed E-state index contributed by atoms with van der Waals surface area (Å²) in [6, 6.07) is 2.98. The number of hydrogen-bond donors (Lipinski definition) is 0. The second-order valence-electron chi connectivity index (χ2n) is 5.68. The van der Waals surface area contributed by atoms with Crippen LogP contribution in [-0.2, 0) is 19.4 Å². The van der Waals surface area contributed by atoms with Gasteiger partial charge >= 0.3 is 5.97 Å². The summed E-state index contributed by atoms with van der Waals surface area (Å²) < 4.78 is 41.6. The number of rotatable bonds is 4. The largest absolute Gasteiger partial charge is 0.449 e. The third-order valence-corrected chi connectivity index (χ3v) is 5.87. The van der Waals surface area contributed by atoms with E-state index >= 15 is 0 Å². The highest BCUT2D eigenvalue weighted by atomic mass is 35.5. The molecule has 6 nitrogen and oxygen atoms in total. The number of nitrogens with zero attached hydrogens (tertiary/aromatic N) is 1. The van der Waals surface area contributed by atoms with Gasteiger partial charge < -0.3 is 9.64 Å². The summed E-state index contributed by atoms with van der Waals surface area (Å²) in [5.74, 6) is -2.45. The highest BCUT2D eigenvalue weighted by molar-refractivity contribution is 7.91. The monoisotopic (exact) mass is 377 g/mol. The first-order valence-electron chi connectivity index (χ1n) is 7.24. The van der Waals surface area contributed by atoms with E-state index in [9.17, 15) is 22.4 Å². The van der Waals surface area contributed by atoms with Crippen molar-refractivity contribution < 1.29 is 27.1 Å². The maximum Gasteiger partial charge on any atom is 0.341 e. The van der Waals surface area contributed by atoms with Crippen LogP contribution in [0.25, 0.3) is 0 Å². The zero-order chi connectivity index (χ0) is 18.1. The summed E-state index contributed by atoms with van der Waals surface area (Å²) in [5, 5.41) is 0.163. The average molecular weight is 378 g/mol. The zero-order valence-corrected chi connectivity index (χ0v) is 14.7. The van der Waals surface area contributed by atoms with Crippen LogP contribution in [0.1, 0.15) is 23.7 Å². The zero-order valence-electron chi connectivity index (χ0n) is 13.2. The quantitative estimate of drug-likeness (QED) is 0.745. The van der Waals surface area contributed by atoms with E-state index < -0.39 is 39.7 Å². The van der Waals surface area contributed by atoms with E-state index in [-0.39, 0.29) is 22.1 Å². The van der Waals surface area contributed by atoms with Crippen molar-refractivity contribution in [3.8, 4) is 0 Å². The normalized spacial score (nSPS) is 20.4. The maximum absolute atomic E-state index is 13.6. The molecule has 0 aromatic heterocycles. The van der Waals surface area contributed by atoms with Gasteiger partial charge in [0.15, 0.2) is 15.9 Å². The molecular weight excluding hydrogens is 361 g/mol. The fraction of sp³-hybridized carbons (Fsp3) is 0.467. The number of halogens is 2. The number of carbonyl (C=O) groups excluding carboxylic acids is 2. The molecule has 0 spiro atoms. The van der Waals surface area contributed by atoms with Crippen LogP contribution in [0.4, 0.5) is 4.39 Å². The van der Waals surface area contributed by atoms with E-state index in [1.54, 1.807) is 0 Å². The minimum Gasteiger partial charge on any atom is -0.449 e. The van der Waals surface area contributed by atoms with Crippen LogP contribution in [0.3, 0.4) is 0 Å². The number of ether oxygens (including phenoxy) is 1. The molecule has 132 valence electrons. The minimum absolute atomic E-state index is 0.0250. The van der Waals surface area contributed by atoms with Gasteiger partial charge in [0.05, 0.1) is 17.1 Å². The molecule has 1 heterocycles. The fourth-order valence-corrected chi connectivity index (χ4v) is 4.42. The van der Waals surface area contributed by atoms with Crippen molar-refractivity contribution in [2.24, 2.45) is 0 Å². The smallest absolute Gasteiger partial charge is 0.341 e. The fourth-order valence-electron chi connectivity index (χ4n) is 2.48. The molecule has 1 aliphatic heterocycles. The lowest BCUT2D eigenvalue weighted by atomic mass is 10.2. The number of hydrogen-bond acceptors (Lipinski definition) is 5. The van der Waals surface area contributed by atoms with Crippen molar-refractivity contribution in [3.63, 3.8) is 0 Å². The SMILES string of the molecule is C[C@H](OC(=O)c1cc(Cl)ccc1F)C(=O)N(C)[C@H]1CCS(=O)(=O)C1. The van der Waals surface area contributed by atoms with Crippen LogP contribution in [0.2, 0.25) is 5.02 Å². The standard InChI is InChI=1S/C15H17ClFNO5S/c1-9(14(19)18(2)11-5-6-24(21,22)8-11)23-15(20)12-7-10(16)3-4-13(12)17/h3-4,7,9,11H,5-6,8H2,1-2H3/t9-,11-/m0/s1. The number of esters is 1. The molecule has 0 N–H and O–H groups in total. The Morgan fingerprint density at radius 1 is 1.42 bits per heavy atom. The van der Waals surface area contributed by atoms with Crippen LogP contribution >= 0.6 is 11.6 Å². The molecule has 2 atom stereocenters. The number of likely N-dealkylation sites (N-methyl/N-ethyl adjacent to an activating group) is 1. The topological polar surface area (TPSA) is 80.8 Å².